The molecule has 2 aliphatic carbocycles. The summed E-state index contributed by atoms with van der Waals surface area (Å²) in [6, 6.07) is 27.6. The van der Waals surface area contributed by atoms with Gasteiger partial charge < -0.3 is 9.80 Å². The minimum atomic E-state index is -0.0216. The lowest BCUT2D eigenvalue weighted by Crippen LogP contribution is -2.56. The highest BCUT2D eigenvalue weighted by Crippen LogP contribution is 2.59. The summed E-state index contributed by atoms with van der Waals surface area (Å²) in [4.78, 5) is 5.51. The molecule has 0 bridgehead atoms. The third-order valence-corrected chi connectivity index (χ3v) is 17.2. The molecule has 4 aromatic carbocycles. The van der Waals surface area contributed by atoms with Gasteiger partial charge in [0.15, 0.2) is 0 Å². The number of rotatable bonds is 2. The summed E-state index contributed by atoms with van der Waals surface area (Å²) in [6.07, 6.45) is 6.29. The highest BCUT2D eigenvalue weighted by atomic mass is 32.1. The van der Waals surface area contributed by atoms with Gasteiger partial charge in [-0.3, -0.25) is 0 Å². The number of benzene rings is 4. The summed E-state index contributed by atoms with van der Waals surface area (Å²) in [5, 5.41) is 1.36. The molecule has 4 aliphatic rings. The second-order valence-electron chi connectivity index (χ2n) is 27.3. The van der Waals surface area contributed by atoms with E-state index in [4.69, 9.17) is 0 Å². The molecule has 0 amide bonds. The van der Waals surface area contributed by atoms with Crippen molar-refractivity contribution in [3.63, 3.8) is 0 Å². The van der Waals surface area contributed by atoms with Crippen molar-refractivity contribution >= 4 is 66.8 Å². The van der Waals surface area contributed by atoms with Gasteiger partial charge in [-0.05, 0) is 157 Å². The Bertz CT molecular complexity index is 2780. The molecule has 5 aromatic rings. The molecule has 2 aliphatic heterocycles. The molecular weight excluding hydrogens is 804 g/mol. The highest BCUT2D eigenvalue weighted by molar-refractivity contribution is 7.33. The largest absolute Gasteiger partial charge is 0.315 e. The Kier molecular flexibility index (Phi) is 10.3. The summed E-state index contributed by atoms with van der Waals surface area (Å²) in [5.41, 5.74) is 21.3. The Balaban J connectivity index is 1.45. The van der Waals surface area contributed by atoms with Crippen LogP contribution in [-0.4, -0.2) is 6.71 Å². The smallest absolute Gasteiger partial charge is 0.264 e. The van der Waals surface area contributed by atoms with Gasteiger partial charge >= 0.3 is 0 Å². The Morgan fingerprint density at radius 1 is 0.569 bits per heavy atom. The zero-order valence-electron chi connectivity index (χ0n) is 44.0. The summed E-state index contributed by atoms with van der Waals surface area (Å²) in [5.74, 6) is 0.471. The molecule has 3 heterocycles. The number of aryl methyl sites for hydroxylation is 1. The fraction of sp³-hybridized carbons (Fsp3) is 0.508. The molecule has 0 saturated heterocycles. The summed E-state index contributed by atoms with van der Waals surface area (Å²) in [6.45, 7) is 48.3. The minimum absolute atomic E-state index is 0.00981. The van der Waals surface area contributed by atoms with Gasteiger partial charge in [-0.2, -0.15) is 0 Å². The number of hydrogen-bond acceptors (Lipinski definition) is 3. The van der Waals surface area contributed by atoms with Gasteiger partial charge in [0.05, 0.1) is 5.69 Å². The molecule has 342 valence electrons. The van der Waals surface area contributed by atoms with Gasteiger partial charge in [0, 0.05) is 43.3 Å². The van der Waals surface area contributed by atoms with E-state index in [-0.39, 0.29) is 44.6 Å². The number of allylic oxidation sites excluding steroid dienone is 4. The molecule has 2 nitrogen and oxygen atoms in total. The van der Waals surface area contributed by atoms with Crippen molar-refractivity contribution < 1.29 is 0 Å². The summed E-state index contributed by atoms with van der Waals surface area (Å²) < 4.78 is 2.87. The predicted molar refractivity (Wildman–Crippen MR) is 288 cm³/mol. The lowest BCUT2D eigenvalue weighted by Gasteiger charge is -2.53. The van der Waals surface area contributed by atoms with Crippen molar-refractivity contribution in [2.45, 2.75) is 185 Å². The molecule has 9 rings (SSSR count). The fourth-order valence-electron chi connectivity index (χ4n) is 11.5. The second-order valence-corrected chi connectivity index (χ2v) is 28.3. The van der Waals surface area contributed by atoms with Crippen LogP contribution in [0.1, 0.15) is 184 Å². The van der Waals surface area contributed by atoms with E-state index >= 15 is 0 Å². The standard InChI is InChI=1S/C61H79BN2S/c1-36-25-49-52-50(26-36)64(43-31-40(58(11,12)13)28-41(32-43)59(14,15)16)53-44-22-21-37(55(2,3)4)33-51(44)65-54(53)62(52)47-34-45-46(61(19,20)24-23-60(45,17)18)35-48(47)63(49)42-29-38(56(5,6)7)27-39(30-42)57(8,9)10/h21-22,25-34,46H,23-24,35H2,1-20H3. The third kappa shape index (κ3) is 7.69. The fourth-order valence-corrected chi connectivity index (χ4v) is 12.8. The molecule has 1 atom stereocenters. The van der Waals surface area contributed by atoms with E-state index in [1.807, 2.05) is 0 Å². The van der Waals surface area contributed by atoms with Gasteiger partial charge in [-0.25, -0.2) is 0 Å². The molecule has 1 aromatic heterocycles. The van der Waals surface area contributed by atoms with Crippen LogP contribution in [0.3, 0.4) is 0 Å². The number of hydrogen-bond donors (Lipinski definition) is 0. The molecule has 1 unspecified atom stereocenters. The van der Waals surface area contributed by atoms with Gasteiger partial charge in [0.2, 0.25) is 0 Å². The molecule has 65 heavy (non-hydrogen) atoms. The number of anilines is 5. The van der Waals surface area contributed by atoms with Crippen molar-refractivity contribution in [1.82, 2.24) is 0 Å². The van der Waals surface area contributed by atoms with Crippen LogP contribution in [0.5, 0.6) is 0 Å². The first-order valence-electron chi connectivity index (χ1n) is 24.8. The molecular formula is C61H79BN2S. The Morgan fingerprint density at radius 3 is 1.54 bits per heavy atom. The maximum absolute atomic E-state index is 2.79. The quantitative estimate of drug-likeness (QED) is 0.163. The zero-order valence-corrected chi connectivity index (χ0v) is 44.8. The van der Waals surface area contributed by atoms with Crippen LogP contribution in [0.2, 0.25) is 0 Å². The van der Waals surface area contributed by atoms with E-state index < -0.39 is 0 Å². The van der Waals surface area contributed by atoms with Gasteiger partial charge in [-0.15, -0.1) is 11.3 Å². The van der Waals surface area contributed by atoms with Crippen LogP contribution in [0, 0.1) is 23.7 Å². The Hall–Kier alpha value is -4.02. The van der Waals surface area contributed by atoms with Crippen LogP contribution < -0.4 is 20.0 Å². The summed E-state index contributed by atoms with van der Waals surface area (Å²) >= 11 is 2.06. The van der Waals surface area contributed by atoms with E-state index in [0.717, 1.165) is 6.42 Å². The molecule has 4 heteroatoms. The highest BCUT2D eigenvalue weighted by Gasteiger charge is 2.52. The molecule has 0 spiro atoms. The Labute approximate surface area is 399 Å². The molecule has 1 saturated carbocycles. The van der Waals surface area contributed by atoms with Crippen LogP contribution in [0.15, 0.2) is 89.5 Å². The van der Waals surface area contributed by atoms with Gasteiger partial charge in [0.25, 0.3) is 6.71 Å². The molecule has 0 radical (unpaired) electrons. The van der Waals surface area contributed by atoms with Crippen LogP contribution in [0.4, 0.5) is 28.4 Å². The van der Waals surface area contributed by atoms with Gasteiger partial charge in [-0.1, -0.05) is 167 Å². The van der Waals surface area contributed by atoms with Crippen molar-refractivity contribution in [2.75, 3.05) is 9.80 Å². The topological polar surface area (TPSA) is 6.48 Å². The lowest BCUT2D eigenvalue weighted by molar-refractivity contribution is 0.121. The zero-order chi connectivity index (χ0) is 47.5. The lowest BCUT2D eigenvalue weighted by atomic mass is 9.34. The van der Waals surface area contributed by atoms with Crippen molar-refractivity contribution in [3.05, 3.63) is 123 Å². The van der Waals surface area contributed by atoms with Gasteiger partial charge in [0.1, 0.15) is 0 Å². The Morgan fingerprint density at radius 2 is 1.05 bits per heavy atom. The minimum Gasteiger partial charge on any atom is -0.315 e. The number of thiophene rings is 1. The van der Waals surface area contributed by atoms with E-state index in [2.05, 4.69) is 232 Å². The number of fused-ring (bicyclic) bond motifs is 6. The summed E-state index contributed by atoms with van der Waals surface area (Å²) in [7, 11) is 0. The maximum Gasteiger partial charge on any atom is 0.264 e. The predicted octanol–water partition coefficient (Wildman–Crippen LogP) is 16.8. The molecule has 0 N–H and O–H groups in total. The monoisotopic (exact) mass is 883 g/mol. The normalized spacial score (nSPS) is 19.5. The number of nitrogens with zero attached hydrogens (tertiary/aromatic N) is 2. The third-order valence-electron chi connectivity index (χ3n) is 16.0. The van der Waals surface area contributed by atoms with Crippen molar-refractivity contribution in [3.8, 4) is 0 Å². The van der Waals surface area contributed by atoms with E-state index in [0.29, 0.717) is 5.92 Å². The molecule has 1 fully saturated rings. The van der Waals surface area contributed by atoms with E-state index in [1.165, 1.54) is 106 Å². The van der Waals surface area contributed by atoms with Crippen LogP contribution >= 0.6 is 11.3 Å². The average Bonchev–Trinajstić information content (AvgIpc) is 3.55. The maximum atomic E-state index is 2.79. The van der Waals surface area contributed by atoms with E-state index in [9.17, 15) is 0 Å². The SMILES string of the molecule is Cc1cc2c3c(c1)N(c1cc(C(C)(C)C)cc(C(C)(C)C)c1)c1c(sc4cc(C(C)(C)C)ccc14)B3C1=C(CC3C(=C1)C(C)(C)CCC3(C)C)N2c1cc(C(C)(C)C)cc(C(C)(C)C)c1. The second kappa shape index (κ2) is 14.5. The van der Waals surface area contributed by atoms with Crippen LogP contribution in [-0.2, 0) is 27.1 Å². The average molecular weight is 883 g/mol. The first kappa shape index (κ1) is 46.1. The van der Waals surface area contributed by atoms with Crippen molar-refractivity contribution in [2.24, 2.45) is 16.7 Å². The first-order chi connectivity index (χ1) is 29.8. The first-order valence-corrected chi connectivity index (χ1v) is 25.7. The van der Waals surface area contributed by atoms with Crippen LogP contribution in [0.25, 0.3) is 10.1 Å². The van der Waals surface area contributed by atoms with E-state index in [1.54, 1.807) is 5.57 Å². The van der Waals surface area contributed by atoms with Crippen molar-refractivity contribution in [1.29, 1.82) is 0 Å².